The number of aromatic nitrogens is 4. The molecular weight excluding hydrogens is 366 g/mol. The Bertz CT molecular complexity index is 1200. The molecule has 1 N–H and O–H groups in total. The largest absolute Gasteiger partial charge is 0.340 e. The number of benzene rings is 1. The summed E-state index contributed by atoms with van der Waals surface area (Å²) in [6.45, 7) is 5.87. The van der Waals surface area contributed by atoms with E-state index in [4.69, 9.17) is 10.2 Å². The van der Waals surface area contributed by atoms with E-state index in [0.717, 1.165) is 37.7 Å². The van der Waals surface area contributed by atoms with Crippen molar-refractivity contribution >= 4 is 17.0 Å². The van der Waals surface area contributed by atoms with Gasteiger partial charge in [0.25, 0.3) is 5.56 Å². The van der Waals surface area contributed by atoms with Crippen molar-refractivity contribution in [1.82, 2.24) is 24.6 Å². The van der Waals surface area contributed by atoms with E-state index >= 15 is 0 Å². The van der Waals surface area contributed by atoms with Crippen LogP contribution in [0.4, 0.5) is 5.95 Å². The summed E-state index contributed by atoms with van der Waals surface area (Å²) in [7, 11) is 0. The first-order valence-corrected chi connectivity index (χ1v) is 9.52. The molecule has 146 valence electrons. The number of anilines is 1. The fourth-order valence-electron chi connectivity index (χ4n) is 3.51. The number of hydrogen-bond acceptors (Lipinski definition) is 6. The maximum atomic E-state index is 13.3. The van der Waals surface area contributed by atoms with Gasteiger partial charge in [-0.2, -0.15) is 10.4 Å². The second kappa shape index (κ2) is 8.17. The lowest BCUT2D eigenvalue weighted by atomic mass is 10.1. The highest BCUT2D eigenvalue weighted by Gasteiger charge is 2.21. The number of nitrogens with one attached hydrogen (secondary N) is 1. The quantitative estimate of drug-likeness (QED) is 0.670. The molecule has 1 aliphatic heterocycles. The van der Waals surface area contributed by atoms with Gasteiger partial charge in [0.15, 0.2) is 0 Å². The Morgan fingerprint density at radius 2 is 2.10 bits per heavy atom. The van der Waals surface area contributed by atoms with Gasteiger partial charge in [-0.3, -0.25) is 9.36 Å². The number of hydrogen-bond donors (Lipinski definition) is 1. The van der Waals surface area contributed by atoms with Gasteiger partial charge in [0.05, 0.1) is 30.9 Å². The van der Waals surface area contributed by atoms with E-state index in [0.29, 0.717) is 23.1 Å². The van der Waals surface area contributed by atoms with Gasteiger partial charge in [-0.05, 0) is 24.6 Å². The number of nitrogens with zero attached hydrogens (tertiary/aromatic N) is 6. The average Bonchev–Trinajstić information content (AvgIpc) is 3.14. The minimum atomic E-state index is -0.211. The van der Waals surface area contributed by atoms with E-state index in [9.17, 15) is 4.79 Å². The summed E-state index contributed by atoms with van der Waals surface area (Å²) in [5.41, 5.74) is 2.27. The van der Waals surface area contributed by atoms with Crippen LogP contribution in [0.15, 0.2) is 35.3 Å². The van der Waals surface area contributed by atoms with Crippen LogP contribution >= 0.6 is 0 Å². The maximum absolute atomic E-state index is 13.3. The fourth-order valence-corrected chi connectivity index (χ4v) is 3.51. The van der Waals surface area contributed by atoms with Crippen LogP contribution in [-0.2, 0) is 13.1 Å². The predicted octanol–water partition coefficient (Wildman–Crippen LogP) is 0.946. The Balaban J connectivity index is 1.80. The summed E-state index contributed by atoms with van der Waals surface area (Å²) in [4.78, 5) is 20.1. The van der Waals surface area contributed by atoms with Crippen LogP contribution in [-0.4, -0.2) is 45.5 Å². The molecule has 0 unspecified atom stereocenters. The first kappa shape index (κ1) is 18.7. The molecule has 0 amide bonds. The summed E-state index contributed by atoms with van der Waals surface area (Å²) in [6, 6.07) is 9.31. The Morgan fingerprint density at radius 3 is 2.86 bits per heavy atom. The van der Waals surface area contributed by atoms with Gasteiger partial charge in [0.2, 0.25) is 5.95 Å². The third-order valence-corrected chi connectivity index (χ3v) is 4.93. The molecule has 1 aliphatic rings. The average molecular weight is 387 g/mol. The predicted molar refractivity (Wildman–Crippen MR) is 111 cm³/mol. The second-order valence-corrected chi connectivity index (χ2v) is 6.82. The number of nitriles is 1. The van der Waals surface area contributed by atoms with Gasteiger partial charge in [0.1, 0.15) is 11.0 Å². The van der Waals surface area contributed by atoms with Crippen LogP contribution in [0.1, 0.15) is 18.1 Å². The van der Waals surface area contributed by atoms with Gasteiger partial charge in [-0.1, -0.05) is 18.1 Å². The molecule has 0 saturated carbocycles. The number of piperazine rings is 1. The lowest BCUT2D eigenvalue weighted by Crippen LogP contribution is -2.44. The molecule has 4 rings (SSSR count). The van der Waals surface area contributed by atoms with Crippen LogP contribution in [0.3, 0.4) is 0 Å². The van der Waals surface area contributed by atoms with E-state index in [1.54, 1.807) is 31.3 Å². The van der Waals surface area contributed by atoms with Gasteiger partial charge in [-0.15, -0.1) is 5.92 Å². The highest BCUT2D eigenvalue weighted by Crippen LogP contribution is 2.20. The molecule has 1 fully saturated rings. The van der Waals surface area contributed by atoms with Crippen molar-refractivity contribution in [2.45, 2.75) is 20.0 Å². The maximum Gasteiger partial charge on any atom is 0.293 e. The lowest BCUT2D eigenvalue weighted by Gasteiger charge is -2.28. The summed E-state index contributed by atoms with van der Waals surface area (Å²) in [5.74, 6) is 6.72. The van der Waals surface area contributed by atoms with Crippen molar-refractivity contribution in [2.75, 3.05) is 31.1 Å². The minimum absolute atomic E-state index is 0.211. The molecule has 8 heteroatoms. The monoisotopic (exact) mass is 387 g/mol. The van der Waals surface area contributed by atoms with Gasteiger partial charge in [0, 0.05) is 26.2 Å². The lowest BCUT2D eigenvalue weighted by molar-refractivity contribution is 0.572. The summed E-state index contributed by atoms with van der Waals surface area (Å²) in [6.07, 6.45) is 1.63. The summed E-state index contributed by atoms with van der Waals surface area (Å²) >= 11 is 0. The zero-order chi connectivity index (χ0) is 20.2. The van der Waals surface area contributed by atoms with Crippen LogP contribution in [0.25, 0.3) is 11.0 Å². The third-order valence-electron chi connectivity index (χ3n) is 4.93. The normalized spacial score (nSPS) is 13.7. The standard InChI is InChI=1S/C21H21N7O/c1-2-3-9-27-19-18(25-21(27)26-10-7-23-8-11-26)14-24-28(20(19)29)15-17-6-4-5-16(12-17)13-22/h4-6,12,14,23H,7-11,15H2,1H3. The van der Waals surface area contributed by atoms with Crippen molar-refractivity contribution in [3.05, 3.63) is 51.9 Å². The first-order chi connectivity index (χ1) is 14.2. The molecule has 3 heterocycles. The van der Waals surface area contributed by atoms with E-state index in [1.807, 2.05) is 10.6 Å². The van der Waals surface area contributed by atoms with Crippen molar-refractivity contribution < 1.29 is 0 Å². The van der Waals surface area contributed by atoms with Gasteiger partial charge < -0.3 is 10.2 Å². The Hall–Kier alpha value is -3.62. The van der Waals surface area contributed by atoms with Crippen LogP contribution in [0.5, 0.6) is 0 Å². The Morgan fingerprint density at radius 1 is 1.28 bits per heavy atom. The fraction of sp³-hybridized carbons (Fsp3) is 0.333. The molecule has 29 heavy (non-hydrogen) atoms. The third kappa shape index (κ3) is 3.71. The molecule has 0 radical (unpaired) electrons. The van der Waals surface area contributed by atoms with Crippen molar-refractivity contribution in [2.24, 2.45) is 0 Å². The molecule has 0 aliphatic carbocycles. The van der Waals surface area contributed by atoms with Crippen LogP contribution in [0.2, 0.25) is 0 Å². The Kier molecular flexibility index (Phi) is 5.28. The molecule has 2 aromatic heterocycles. The zero-order valence-electron chi connectivity index (χ0n) is 16.2. The SMILES string of the molecule is CC#CCn1c(N2CCNCC2)nc2cnn(Cc3cccc(C#N)c3)c(=O)c21. The topological polar surface area (TPSA) is 91.8 Å². The van der Waals surface area contributed by atoms with E-state index in [-0.39, 0.29) is 12.1 Å². The number of fused-ring (bicyclic) bond motifs is 1. The van der Waals surface area contributed by atoms with E-state index in [1.165, 1.54) is 4.68 Å². The van der Waals surface area contributed by atoms with Crippen LogP contribution in [0, 0.1) is 23.2 Å². The van der Waals surface area contributed by atoms with Crippen LogP contribution < -0.4 is 15.8 Å². The first-order valence-electron chi connectivity index (χ1n) is 9.52. The zero-order valence-corrected chi connectivity index (χ0v) is 16.2. The molecule has 8 nitrogen and oxygen atoms in total. The molecule has 0 atom stereocenters. The van der Waals surface area contributed by atoms with Gasteiger partial charge >= 0.3 is 0 Å². The molecule has 3 aromatic rings. The highest BCUT2D eigenvalue weighted by atomic mass is 16.1. The second-order valence-electron chi connectivity index (χ2n) is 6.82. The van der Waals surface area contributed by atoms with E-state index < -0.39 is 0 Å². The molecule has 0 bridgehead atoms. The van der Waals surface area contributed by atoms with Gasteiger partial charge in [-0.25, -0.2) is 9.67 Å². The summed E-state index contributed by atoms with van der Waals surface area (Å²) in [5, 5.41) is 16.7. The summed E-state index contributed by atoms with van der Waals surface area (Å²) < 4.78 is 3.31. The molecular formula is C21H21N7O. The van der Waals surface area contributed by atoms with Crippen molar-refractivity contribution in [3.63, 3.8) is 0 Å². The number of imidazole rings is 1. The molecule has 0 spiro atoms. The Labute approximate surface area is 168 Å². The molecule has 1 aromatic carbocycles. The molecule has 1 saturated heterocycles. The van der Waals surface area contributed by atoms with Crippen molar-refractivity contribution in [1.29, 1.82) is 5.26 Å². The van der Waals surface area contributed by atoms with Crippen molar-refractivity contribution in [3.8, 4) is 17.9 Å². The highest BCUT2D eigenvalue weighted by molar-refractivity contribution is 5.77. The number of rotatable bonds is 4. The minimum Gasteiger partial charge on any atom is -0.340 e. The smallest absolute Gasteiger partial charge is 0.293 e. The van der Waals surface area contributed by atoms with E-state index in [2.05, 4.69) is 33.2 Å².